The van der Waals surface area contributed by atoms with Gasteiger partial charge < -0.3 is 9.47 Å². The van der Waals surface area contributed by atoms with E-state index in [1.807, 2.05) is 25.1 Å². The number of hydrogen-bond donors (Lipinski definition) is 0. The molecule has 3 nitrogen and oxygen atoms in total. The molecule has 0 radical (unpaired) electrons. The van der Waals surface area contributed by atoms with Crippen molar-refractivity contribution < 1.29 is 18.7 Å². The maximum absolute atomic E-state index is 13.4. The quantitative estimate of drug-likeness (QED) is 0.510. The van der Waals surface area contributed by atoms with Crippen LogP contribution in [0.1, 0.15) is 27.0 Å². The third-order valence-corrected chi connectivity index (χ3v) is 4.62. The first-order valence-corrected chi connectivity index (χ1v) is 9.09. The van der Waals surface area contributed by atoms with Gasteiger partial charge in [-0.1, -0.05) is 35.9 Å². The molecule has 0 saturated carbocycles. The smallest absolute Gasteiger partial charge is 0.232 e. The van der Waals surface area contributed by atoms with Crippen LogP contribution in [0.15, 0.2) is 66.4 Å². The Morgan fingerprint density at radius 2 is 1.93 bits per heavy atom. The summed E-state index contributed by atoms with van der Waals surface area (Å²) in [5.41, 5.74) is 2.75. The van der Waals surface area contributed by atoms with Crippen LogP contribution < -0.4 is 9.47 Å². The molecule has 1 aliphatic rings. The van der Waals surface area contributed by atoms with Crippen molar-refractivity contribution in [2.75, 3.05) is 0 Å². The summed E-state index contributed by atoms with van der Waals surface area (Å²) in [7, 11) is 0. The first-order chi connectivity index (χ1) is 13.5. The zero-order valence-corrected chi connectivity index (χ0v) is 15.8. The zero-order valence-electron chi connectivity index (χ0n) is 15.0. The molecule has 3 aromatic carbocycles. The van der Waals surface area contributed by atoms with E-state index in [0.29, 0.717) is 34.3 Å². The summed E-state index contributed by atoms with van der Waals surface area (Å²) < 4.78 is 25.0. The first-order valence-electron chi connectivity index (χ1n) is 8.71. The molecule has 0 bridgehead atoms. The summed E-state index contributed by atoms with van der Waals surface area (Å²) in [6.45, 7) is 2.18. The van der Waals surface area contributed by atoms with Crippen molar-refractivity contribution in [3.8, 4) is 11.5 Å². The molecule has 4 rings (SSSR count). The van der Waals surface area contributed by atoms with Crippen LogP contribution in [0.25, 0.3) is 6.08 Å². The average molecular weight is 395 g/mol. The number of halogens is 2. The summed E-state index contributed by atoms with van der Waals surface area (Å²) in [6, 6.07) is 16.9. The molecule has 0 unspecified atom stereocenters. The highest BCUT2D eigenvalue weighted by Crippen LogP contribution is 2.37. The molecule has 3 aromatic rings. The Morgan fingerprint density at radius 3 is 2.71 bits per heavy atom. The molecule has 0 N–H and O–H groups in total. The standard InChI is InChI=1S/C23H16ClFO3/c1-14-8-19(27-13-16-5-2-6-17(24)9-16)12-20-22(14)23(26)21(28-20)11-15-4-3-7-18(25)10-15/h2-12H,13H2,1H3/b21-11-. The molecule has 0 fully saturated rings. The Kier molecular flexibility index (Phi) is 4.88. The summed E-state index contributed by atoms with van der Waals surface area (Å²) in [5, 5.41) is 0.646. The minimum atomic E-state index is -0.370. The van der Waals surface area contributed by atoms with Crippen LogP contribution in [0.3, 0.4) is 0 Å². The second-order valence-corrected chi connectivity index (χ2v) is 6.96. The Morgan fingerprint density at radius 1 is 1.11 bits per heavy atom. The molecule has 0 atom stereocenters. The third kappa shape index (κ3) is 3.78. The molecule has 28 heavy (non-hydrogen) atoms. The van der Waals surface area contributed by atoms with Gasteiger partial charge in [0.2, 0.25) is 5.78 Å². The van der Waals surface area contributed by atoms with Crippen molar-refractivity contribution in [2.24, 2.45) is 0 Å². The number of aryl methyl sites for hydroxylation is 1. The highest BCUT2D eigenvalue weighted by molar-refractivity contribution is 6.30. The summed E-state index contributed by atoms with van der Waals surface area (Å²) in [5.74, 6) is 0.601. The number of Topliss-reactive ketones (excluding diaryl/α,β-unsaturated/α-hetero) is 1. The van der Waals surface area contributed by atoms with Gasteiger partial charge in [-0.2, -0.15) is 0 Å². The fourth-order valence-corrected chi connectivity index (χ4v) is 3.31. The maximum Gasteiger partial charge on any atom is 0.232 e. The highest BCUT2D eigenvalue weighted by atomic mass is 35.5. The van der Waals surface area contributed by atoms with Crippen molar-refractivity contribution in [2.45, 2.75) is 13.5 Å². The van der Waals surface area contributed by atoms with Gasteiger partial charge >= 0.3 is 0 Å². The number of hydrogen-bond acceptors (Lipinski definition) is 3. The lowest BCUT2D eigenvalue weighted by Crippen LogP contribution is -2.00. The van der Waals surface area contributed by atoms with E-state index in [1.54, 1.807) is 30.3 Å². The first kappa shape index (κ1) is 18.3. The number of carbonyl (C=O) groups is 1. The van der Waals surface area contributed by atoms with Crippen LogP contribution in [0, 0.1) is 12.7 Å². The van der Waals surface area contributed by atoms with Crippen LogP contribution in [-0.2, 0) is 6.61 Å². The molecule has 0 saturated heterocycles. The lowest BCUT2D eigenvalue weighted by Gasteiger charge is -2.09. The van der Waals surface area contributed by atoms with Gasteiger partial charge in [0, 0.05) is 11.1 Å². The molecule has 1 aliphatic heterocycles. The zero-order chi connectivity index (χ0) is 19.7. The van der Waals surface area contributed by atoms with Crippen molar-refractivity contribution in [1.29, 1.82) is 0 Å². The average Bonchev–Trinajstić information content (AvgIpc) is 2.96. The van der Waals surface area contributed by atoms with E-state index in [2.05, 4.69) is 0 Å². The largest absolute Gasteiger partial charge is 0.489 e. The van der Waals surface area contributed by atoms with Gasteiger partial charge in [0.1, 0.15) is 23.9 Å². The molecule has 0 aromatic heterocycles. The van der Waals surface area contributed by atoms with Crippen molar-refractivity contribution in [3.05, 3.63) is 99.5 Å². The Bertz CT molecular complexity index is 1100. The van der Waals surface area contributed by atoms with Crippen LogP contribution >= 0.6 is 11.6 Å². The maximum atomic E-state index is 13.4. The van der Waals surface area contributed by atoms with Crippen LogP contribution in [-0.4, -0.2) is 5.78 Å². The van der Waals surface area contributed by atoms with Crippen LogP contribution in [0.2, 0.25) is 5.02 Å². The second-order valence-electron chi connectivity index (χ2n) is 6.53. The molecule has 1 heterocycles. The molecular weight excluding hydrogens is 379 g/mol. The fraction of sp³-hybridized carbons (Fsp3) is 0.0870. The van der Waals surface area contributed by atoms with E-state index in [9.17, 15) is 9.18 Å². The number of allylic oxidation sites excluding steroid dienone is 1. The summed E-state index contributed by atoms with van der Waals surface area (Å²) >= 11 is 5.99. The lowest BCUT2D eigenvalue weighted by atomic mass is 10.0. The van der Waals surface area contributed by atoms with E-state index in [0.717, 1.165) is 11.1 Å². The van der Waals surface area contributed by atoms with E-state index < -0.39 is 0 Å². The van der Waals surface area contributed by atoms with Gasteiger partial charge in [-0.25, -0.2) is 4.39 Å². The predicted octanol–water partition coefficient (Wildman–Crippen LogP) is 5.98. The van der Waals surface area contributed by atoms with Crippen LogP contribution in [0.4, 0.5) is 4.39 Å². The second kappa shape index (κ2) is 7.49. The number of fused-ring (bicyclic) bond motifs is 1. The topological polar surface area (TPSA) is 35.5 Å². The van der Waals surface area contributed by atoms with E-state index in [-0.39, 0.29) is 17.4 Å². The minimum absolute atomic E-state index is 0.163. The number of rotatable bonds is 4. The highest BCUT2D eigenvalue weighted by Gasteiger charge is 2.30. The van der Waals surface area contributed by atoms with Gasteiger partial charge in [-0.15, -0.1) is 0 Å². The number of ketones is 1. The predicted molar refractivity (Wildman–Crippen MR) is 106 cm³/mol. The van der Waals surface area contributed by atoms with Gasteiger partial charge in [0.25, 0.3) is 0 Å². The minimum Gasteiger partial charge on any atom is -0.489 e. The molecule has 0 spiro atoms. The normalized spacial score (nSPS) is 14.1. The van der Waals surface area contributed by atoms with Gasteiger partial charge in [0.15, 0.2) is 5.76 Å². The van der Waals surface area contributed by atoms with Gasteiger partial charge in [-0.05, 0) is 60.0 Å². The molecule has 5 heteroatoms. The van der Waals surface area contributed by atoms with E-state index in [4.69, 9.17) is 21.1 Å². The number of benzene rings is 3. The molecule has 0 aliphatic carbocycles. The van der Waals surface area contributed by atoms with Crippen molar-refractivity contribution in [1.82, 2.24) is 0 Å². The Hall–Kier alpha value is -3.11. The fourth-order valence-electron chi connectivity index (χ4n) is 3.10. The number of ether oxygens (including phenoxy) is 2. The molecule has 0 amide bonds. The molecule has 140 valence electrons. The monoisotopic (exact) mass is 394 g/mol. The Labute approximate surface area is 167 Å². The van der Waals surface area contributed by atoms with Crippen molar-refractivity contribution in [3.63, 3.8) is 0 Å². The molecular formula is C23H16ClFO3. The number of carbonyl (C=O) groups excluding carboxylic acids is 1. The summed E-state index contributed by atoms with van der Waals surface area (Å²) in [6.07, 6.45) is 1.54. The van der Waals surface area contributed by atoms with E-state index in [1.165, 1.54) is 18.2 Å². The Balaban J connectivity index is 1.57. The SMILES string of the molecule is Cc1cc(OCc2cccc(Cl)c2)cc2c1C(=O)/C(=C/c1cccc(F)c1)O2. The lowest BCUT2D eigenvalue weighted by molar-refractivity contribution is 0.101. The van der Waals surface area contributed by atoms with Crippen molar-refractivity contribution >= 4 is 23.5 Å². The van der Waals surface area contributed by atoms with Crippen LogP contribution in [0.5, 0.6) is 11.5 Å². The van der Waals surface area contributed by atoms with E-state index >= 15 is 0 Å². The van der Waals surface area contributed by atoms with Gasteiger partial charge in [-0.3, -0.25) is 4.79 Å². The third-order valence-electron chi connectivity index (χ3n) is 4.38. The van der Waals surface area contributed by atoms with Gasteiger partial charge in [0.05, 0.1) is 5.56 Å². The summed E-state index contributed by atoms with van der Waals surface area (Å²) in [4.78, 5) is 12.7.